The Hall–Kier alpha value is -1.04. The van der Waals surface area contributed by atoms with Crippen molar-refractivity contribution in [2.75, 3.05) is 5.75 Å². The average molecular weight is 229 g/mol. The SMILES string of the molecule is CCC(C)c1nc(SCC(=O)O)n(C)n1. The highest BCUT2D eigenvalue weighted by Gasteiger charge is 2.13. The molecule has 0 aliphatic heterocycles. The molecule has 1 heterocycles. The van der Waals surface area contributed by atoms with Crippen LogP contribution in [0.4, 0.5) is 0 Å². The van der Waals surface area contributed by atoms with Crippen molar-refractivity contribution in [3.63, 3.8) is 0 Å². The molecule has 1 aromatic heterocycles. The van der Waals surface area contributed by atoms with Gasteiger partial charge in [0.1, 0.15) is 0 Å². The van der Waals surface area contributed by atoms with Gasteiger partial charge in [0.25, 0.3) is 0 Å². The molecule has 0 spiro atoms. The summed E-state index contributed by atoms with van der Waals surface area (Å²) >= 11 is 1.19. The van der Waals surface area contributed by atoms with E-state index in [-0.39, 0.29) is 5.75 Å². The fraction of sp³-hybridized carbons (Fsp3) is 0.667. The predicted molar refractivity (Wildman–Crippen MR) is 58.1 cm³/mol. The summed E-state index contributed by atoms with van der Waals surface area (Å²) < 4.78 is 1.63. The predicted octanol–water partition coefficient (Wildman–Crippen LogP) is 1.51. The summed E-state index contributed by atoms with van der Waals surface area (Å²) in [5.74, 6) is 0.281. The summed E-state index contributed by atoms with van der Waals surface area (Å²) in [6.45, 7) is 4.13. The van der Waals surface area contributed by atoms with Gasteiger partial charge < -0.3 is 5.11 Å². The van der Waals surface area contributed by atoms with Crippen LogP contribution < -0.4 is 0 Å². The minimum absolute atomic E-state index is 0.0203. The van der Waals surface area contributed by atoms with Crippen molar-refractivity contribution < 1.29 is 9.90 Å². The highest BCUT2D eigenvalue weighted by Crippen LogP contribution is 2.19. The second kappa shape index (κ2) is 5.16. The molecule has 1 atom stereocenters. The van der Waals surface area contributed by atoms with E-state index < -0.39 is 5.97 Å². The molecule has 0 saturated carbocycles. The molecule has 0 radical (unpaired) electrons. The van der Waals surface area contributed by atoms with Gasteiger partial charge in [-0.1, -0.05) is 25.6 Å². The highest BCUT2D eigenvalue weighted by atomic mass is 32.2. The Morgan fingerprint density at radius 3 is 2.87 bits per heavy atom. The summed E-state index contributed by atoms with van der Waals surface area (Å²) in [6, 6.07) is 0. The topological polar surface area (TPSA) is 68.0 Å². The molecule has 0 aromatic carbocycles. The number of carbonyl (C=O) groups is 1. The van der Waals surface area contributed by atoms with Crippen LogP contribution in [0.1, 0.15) is 32.0 Å². The number of aliphatic carboxylic acids is 1. The van der Waals surface area contributed by atoms with E-state index in [1.807, 2.05) is 0 Å². The lowest BCUT2D eigenvalue weighted by Crippen LogP contribution is -2.00. The van der Waals surface area contributed by atoms with Crippen LogP contribution in [0.25, 0.3) is 0 Å². The molecule has 5 nitrogen and oxygen atoms in total. The standard InChI is InChI=1S/C9H15N3O2S/c1-4-6(2)8-10-9(12(3)11-8)15-5-7(13)14/h6H,4-5H2,1-3H3,(H,13,14). The molecule has 1 aromatic rings. The summed E-state index contributed by atoms with van der Waals surface area (Å²) in [5.41, 5.74) is 0. The minimum Gasteiger partial charge on any atom is -0.481 e. The van der Waals surface area contributed by atoms with E-state index in [9.17, 15) is 4.79 Å². The molecule has 1 N–H and O–H groups in total. The Bertz CT molecular complexity index is 351. The first-order valence-electron chi connectivity index (χ1n) is 4.80. The van der Waals surface area contributed by atoms with E-state index in [2.05, 4.69) is 23.9 Å². The molecule has 0 saturated heterocycles. The Morgan fingerprint density at radius 1 is 1.67 bits per heavy atom. The maximum Gasteiger partial charge on any atom is 0.313 e. The summed E-state index contributed by atoms with van der Waals surface area (Å²) in [6.07, 6.45) is 0.979. The Labute approximate surface area is 92.9 Å². The Morgan fingerprint density at radius 2 is 2.33 bits per heavy atom. The third-order valence-electron chi connectivity index (χ3n) is 2.12. The van der Waals surface area contributed by atoms with Crippen LogP contribution in [0.5, 0.6) is 0 Å². The zero-order valence-electron chi connectivity index (χ0n) is 9.10. The summed E-state index contributed by atoms with van der Waals surface area (Å²) in [5, 5.41) is 13.5. The molecule has 0 fully saturated rings. The normalized spacial score (nSPS) is 12.7. The third kappa shape index (κ3) is 3.23. The van der Waals surface area contributed by atoms with Gasteiger partial charge >= 0.3 is 5.97 Å². The zero-order valence-corrected chi connectivity index (χ0v) is 9.91. The molecule has 15 heavy (non-hydrogen) atoms. The van der Waals surface area contributed by atoms with E-state index in [1.165, 1.54) is 11.8 Å². The van der Waals surface area contributed by atoms with E-state index in [0.717, 1.165) is 12.2 Å². The lowest BCUT2D eigenvalue weighted by atomic mass is 10.1. The smallest absolute Gasteiger partial charge is 0.313 e. The Balaban J connectivity index is 2.73. The van der Waals surface area contributed by atoms with Crippen LogP contribution in [-0.2, 0) is 11.8 Å². The van der Waals surface area contributed by atoms with E-state index in [0.29, 0.717) is 11.1 Å². The van der Waals surface area contributed by atoms with E-state index in [4.69, 9.17) is 5.11 Å². The van der Waals surface area contributed by atoms with Crippen molar-refractivity contribution in [3.05, 3.63) is 5.82 Å². The van der Waals surface area contributed by atoms with Gasteiger partial charge in [-0.15, -0.1) is 0 Å². The van der Waals surface area contributed by atoms with Crippen molar-refractivity contribution in [2.45, 2.75) is 31.3 Å². The summed E-state index contributed by atoms with van der Waals surface area (Å²) in [7, 11) is 1.78. The van der Waals surface area contributed by atoms with E-state index >= 15 is 0 Å². The van der Waals surface area contributed by atoms with Crippen LogP contribution in [0.3, 0.4) is 0 Å². The van der Waals surface area contributed by atoms with Gasteiger partial charge in [0.15, 0.2) is 11.0 Å². The van der Waals surface area contributed by atoms with Crippen LogP contribution in [0.2, 0.25) is 0 Å². The van der Waals surface area contributed by atoms with E-state index in [1.54, 1.807) is 11.7 Å². The lowest BCUT2D eigenvalue weighted by Gasteiger charge is -1.99. The number of hydrogen-bond acceptors (Lipinski definition) is 4. The fourth-order valence-corrected chi connectivity index (χ4v) is 1.67. The second-order valence-electron chi connectivity index (χ2n) is 3.37. The first kappa shape index (κ1) is 12.0. The highest BCUT2D eigenvalue weighted by molar-refractivity contribution is 7.99. The number of aromatic nitrogens is 3. The quantitative estimate of drug-likeness (QED) is 0.775. The summed E-state index contributed by atoms with van der Waals surface area (Å²) in [4.78, 5) is 14.7. The molecule has 0 bridgehead atoms. The van der Waals surface area contributed by atoms with Gasteiger partial charge in [0, 0.05) is 13.0 Å². The van der Waals surface area contributed by atoms with Crippen LogP contribution >= 0.6 is 11.8 Å². The van der Waals surface area contributed by atoms with Gasteiger partial charge in [-0.05, 0) is 6.42 Å². The largest absolute Gasteiger partial charge is 0.481 e. The van der Waals surface area contributed by atoms with Gasteiger partial charge in [-0.25, -0.2) is 9.67 Å². The average Bonchev–Trinajstić information content (AvgIpc) is 2.55. The number of hydrogen-bond donors (Lipinski definition) is 1. The number of nitrogens with zero attached hydrogens (tertiary/aromatic N) is 3. The van der Waals surface area contributed by atoms with Gasteiger partial charge in [0.2, 0.25) is 0 Å². The van der Waals surface area contributed by atoms with Crippen LogP contribution in [-0.4, -0.2) is 31.6 Å². The molecule has 0 aliphatic rings. The third-order valence-corrected chi connectivity index (χ3v) is 3.12. The van der Waals surface area contributed by atoms with Crippen LogP contribution in [0, 0.1) is 0 Å². The van der Waals surface area contributed by atoms with Gasteiger partial charge in [0.05, 0.1) is 5.75 Å². The molecule has 6 heteroatoms. The number of thioether (sulfide) groups is 1. The van der Waals surface area contributed by atoms with Crippen molar-refractivity contribution >= 4 is 17.7 Å². The van der Waals surface area contributed by atoms with Crippen molar-refractivity contribution in [2.24, 2.45) is 7.05 Å². The maximum atomic E-state index is 10.4. The molecule has 84 valence electrons. The fourth-order valence-electron chi connectivity index (χ4n) is 1.03. The first-order chi connectivity index (χ1) is 7.04. The maximum absolute atomic E-state index is 10.4. The Kier molecular flexibility index (Phi) is 4.14. The second-order valence-corrected chi connectivity index (χ2v) is 4.31. The number of carboxylic acid groups (broad SMARTS) is 1. The molecular weight excluding hydrogens is 214 g/mol. The first-order valence-corrected chi connectivity index (χ1v) is 5.78. The number of aryl methyl sites for hydroxylation is 1. The minimum atomic E-state index is -0.840. The van der Waals surface area contributed by atoms with Gasteiger partial charge in [-0.3, -0.25) is 4.79 Å². The van der Waals surface area contributed by atoms with Crippen LogP contribution in [0.15, 0.2) is 5.16 Å². The van der Waals surface area contributed by atoms with Crippen molar-refractivity contribution in [1.82, 2.24) is 14.8 Å². The molecule has 1 unspecified atom stereocenters. The number of carboxylic acids is 1. The van der Waals surface area contributed by atoms with Gasteiger partial charge in [-0.2, -0.15) is 5.10 Å². The van der Waals surface area contributed by atoms with Crippen molar-refractivity contribution in [3.8, 4) is 0 Å². The lowest BCUT2D eigenvalue weighted by molar-refractivity contribution is -0.133. The zero-order chi connectivity index (χ0) is 11.4. The monoisotopic (exact) mass is 229 g/mol. The molecule has 0 aliphatic carbocycles. The molecule has 1 rings (SSSR count). The number of rotatable bonds is 5. The molecular formula is C9H15N3O2S. The van der Waals surface area contributed by atoms with Crippen molar-refractivity contribution in [1.29, 1.82) is 0 Å². The molecule has 0 amide bonds.